The van der Waals surface area contributed by atoms with Crippen LogP contribution in [0.4, 0.5) is 0 Å². The monoisotopic (exact) mass is 201 g/mol. The Morgan fingerprint density at radius 1 is 1.53 bits per heavy atom. The lowest BCUT2D eigenvalue weighted by atomic mass is 10.1. The summed E-state index contributed by atoms with van der Waals surface area (Å²) in [5.41, 5.74) is 2.63. The van der Waals surface area contributed by atoms with Crippen molar-refractivity contribution in [3.63, 3.8) is 0 Å². The summed E-state index contributed by atoms with van der Waals surface area (Å²) in [6.07, 6.45) is 6.57. The van der Waals surface area contributed by atoms with Gasteiger partial charge in [-0.3, -0.25) is 0 Å². The summed E-state index contributed by atoms with van der Waals surface area (Å²) < 4.78 is 2.16. The van der Waals surface area contributed by atoms with Gasteiger partial charge in [0.25, 0.3) is 0 Å². The van der Waals surface area contributed by atoms with Gasteiger partial charge in [-0.15, -0.1) is 0 Å². The molecule has 0 aromatic carbocycles. The fourth-order valence-electron chi connectivity index (χ4n) is 2.42. The zero-order valence-corrected chi connectivity index (χ0v) is 8.90. The number of aromatic nitrogens is 2. The molecule has 0 spiro atoms. The zero-order chi connectivity index (χ0) is 10.3. The SMILES string of the molecule is Cc1ncc2c(C3CCCN3)cccn12. The van der Waals surface area contributed by atoms with Gasteiger partial charge in [-0.25, -0.2) is 4.98 Å². The van der Waals surface area contributed by atoms with Crippen molar-refractivity contribution >= 4 is 5.52 Å². The third-order valence-corrected chi connectivity index (χ3v) is 3.22. The smallest absolute Gasteiger partial charge is 0.110 e. The minimum Gasteiger partial charge on any atom is -0.310 e. The molecule has 1 saturated heterocycles. The highest BCUT2D eigenvalue weighted by molar-refractivity contribution is 5.55. The van der Waals surface area contributed by atoms with Crippen molar-refractivity contribution in [3.8, 4) is 0 Å². The van der Waals surface area contributed by atoms with Crippen molar-refractivity contribution in [1.29, 1.82) is 0 Å². The van der Waals surface area contributed by atoms with Gasteiger partial charge < -0.3 is 9.72 Å². The van der Waals surface area contributed by atoms with Crippen molar-refractivity contribution < 1.29 is 0 Å². The van der Waals surface area contributed by atoms with E-state index in [0.717, 1.165) is 12.4 Å². The van der Waals surface area contributed by atoms with Crippen molar-refractivity contribution in [2.24, 2.45) is 0 Å². The van der Waals surface area contributed by atoms with Crippen LogP contribution in [0.15, 0.2) is 24.5 Å². The van der Waals surface area contributed by atoms with Gasteiger partial charge in [0.1, 0.15) is 5.82 Å². The van der Waals surface area contributed by atoms with Crippen LogP contribution in [0.25, 0.3) is 5.52 Å². The van der Waals surface area contributed by atoms with Crippen molar-refractivity contribution in [1.82, 2.24) is 14.7 Å². The predicted molar refractivity (Wildman–Crippen MR) is 59.9 cm³/mol. The summed E-state index contributed by atoms with van der Waals surface area (Å²) in [5, 5.41) is 3.53. The second-order valence-electron chi connectivity index (χ2n) is 4.17. The van der Waals surface area contributed by atoms with Crippen LogP contribution in [0.2, 0.25) is 0 Å². The largest absolute Gasteiger partial charge is 0.310 e. The van der Waals surface area contributed by atoms with E-state index in [1.165, 1.54) is 23.9 Å². The van der Waals surface area contributed by atoms with Crippen LogP contribution >= 0.6 is 0 Å². The Bertz CT molecular complexity index is 481. The summed E-state index contributed by atoms with van der Waals surface area (Å²) in [7, 11) is 0. The first-order chi connectivity index (χ1) is 7.36. The molecule has 15 heavy (non-hydrogen) atoms. The summed E-state index contributed by atoms with van der Waals surface area (Å²) in [6.45, 7) is 3.18. The molecule has 3 nitrogen and oxygen atoms in total. The van der Waals surface area contributed by atoms with E-state index in [9.17, 15) is 0 Å². The Balaban J connectivity index is 2.17. The molecule has 1 aliphatic heterocycles. The van der Waals surface area contributed by atoms with Gasteiger partial charge in [0, 0.05) is 12.2 Å². The topological polar surface area (TPSA) is 29.3 Å². The number of pyridine rings is 1. The molecule has 3 heteroatoms. The van der Waals surface area contributed by atoms with E-state index in [-0.39, 0.29) is 0 Å². The molecular formula is C12H15N3. The summed E-state index contributed by atoms with van der Waals surface area (Å²) in [6, 6.07) is 4.83. The number of nitrogens with zero attached hydrogens (tertiary/aromatic N) is 2. The first-order valence-electron chi connectivity index (χ1n) is 5.52. The van der Waals surface area contributed by atoms with Crippen molar-refractivity contribution in [2.75, 3.05) is 6.54 Å². The number of aryl methyl sites for hydroxylation is 1. The molecular weight excluding hydrogens is 186 g/mol. The summed E-state index contributed by atoms with van der Waals surface area (Å²) >= 11 is 0. The van der Waals surface area contributed by atoms with E-state index < -0.39 is 0 Å². The molecule has 1 N–H and O–H groups in total. The molecule has 0 bridgehead atoms. The highest BCUT2D eigenvalue weighted by Gasteiger charge is 2.18. The molecule has 0 saturated carbocycles. The van der Waals surface area contributed by atoms with Gasteiger partial charge in [0.15, 0.2) is 0 Å². The first kappa shape index (κ1) is 8.92. The van der Waals surface area contributed by atoms with Crippen LogP contribution in [0.5, 0.6) is 0 Å². The number of hydrogen-bond acceptors (Lipinski definition) is 2. The highest BCUT2D eigenvalue weighted by Crippen LogP contribution is 2.26. The molecule has 1 atom stereocenters. The molecule has 1 fully saturated rings. The Hall–Kier alpha value is -1.35. The van der Waals surface area contributed by atoms with Gasteiger partial charge in [-0.1, -0.05) is 6.07 Å². The van der Waals surface area contributed by atoms with E-state index >= 15 is 0 Å². The number of hydrogen-bond donors (Lipinski definition) is 1. The lowest BCUT2D eigenvalue weighted by Crippen LogP contribution is -2.13. The number of nitrogens with one attached hydrogen (secondary N) is 1. The fraction of sp³-hybridized carbons (Fsp3) is 0.417. The van der Waals surface area contributed by atoms with Crippen LogP contribution in [-0.2, 0) is 0 Å². The number of fused-ring (bicyclic) bond motifs is 1. The van der Waals surface area contributed by atoms with Gasteiger partial charge in [0.05, 0.1) is 11.7 Å². The van der Waals surface area contributed by atoms with Gasteiger partial charge in [-0.2, -0.15) is 0 Å². The van der Waals surface area contributed by atoms with Crippen molar-refractivity contribution in [2.45, 2.75) is 25.8 Å². The summed E-state index contributed by atoms with van der Waals surface area (Å²) in [5.74, 6) is 1.06. The zero-order valence-electron chi connectivity index (χ0n) is 8.90. The number of imidazole rings is 1. The first-order valence-corrected chi connectivity index (χ1v) is 5.52. The van der Waals surface area contributed by atoms with E-state index in [2.05, 4.69) is 33.0 Å². The Morgan fingerprint density at radius 2 is 2.47 bits per heavy atom. The van der Waals surface area contributed by atoms with E-state index in [4.69, 9.17) is 0 Å². The van der Waals surface area contributed by atoms with Gasteiger partial charge in [0.2, 0.25) is 0 Å². The standard InChI is InChI=1S/C12H15N3/c1-9-14-8-12-10(4-3-7-15(9)12)11-5-2-6-13-11/h3-4,7-8,11,13H,2,5-6H2,1H3. The lowest BCUT2D eigenvalue weighted by Gasteiger charge is -2.12. The normalized spacial score (nSPS) is 21.3. The summed E-state index contributed by atoms with van der Waals surface area (Å²) in [4.78, 5) is 4.36. The average molecular weight is 201 g/mol. The van der Waals surface area contributed by atoms with Crippen LogP contribution in [0.1, 0.15) is 30.3 Å². The lowest BCUT2D eigenvalue weighted by molar-refractivity contribution is 0.650. The molecule has 2 aromatic heterocycles. The van der Waals surface area contributed by atoms with E-state index in [1.54, 1.807) is 0 Å². The predicted octanol–water partition coefficient (Wildman–Crippen LogP) is 2.07. The Morgan fingerprint density at radius 3 is 3.27 bits per heavy atom. The van der Waals surface area contributed by atoms with E-state index in [0.29, 0.717) is 6.04 Å². The maximum atomic E-state index is 4.36. The third-order valence-electron chi connectivity index (χ3n) is 3.22. The molecule has 0 aliphatic carbocycles. The van der Waals surface area contributed by atoms with Crippen LogP contribution < -0.4 is 5.32 Å². The van der Waals surface area contributed by atoms with Crippen LogP contribution in [0, 0.1) is 6.92 Å². The minimum absolute atomic E-state index is 0.518. The average Bonchev–Trinajstić information content (AvgIpc) is 2.88. The van der Waals surface area contributed by atoms with E-state index in [1.807, 2.05) is 13.1 Å². The fourth-order valence-corrected chi connectivity index (χ4v) is 2.42. The molecule has 3 heterocycles. The molecule has 2 aromatic rings. The van der Waals surface area contributed by atoms with Crippen molar-refractivity contribution in [3.05, 3.63) is 35.9 Å². The van der Waals surface area contributed by atoms with Crippen LogP contribution in [-0.4, -0.2) is 15.9 Å². The molecule has 0 amide bonds. The Labute approximate surface area is 89.1 Å². The number of rotatable bonds is 1. The molecule has 1 aliphatic rings. The molecule has 0 radical (unpaired) electrons. The molecule has 1 unspecified atom stereocenters. The maximum Gasteiger partial charge on any atom is 0.110 e. The van der Waals surface area contributed by atoms with Gasteiger partial charge in [-0.05, 0) is 37.9 Å². The molecule has 3 rings (SSSR count). The van der Waals surface area contributed by atoms with Gasteiger partial charge >= 0.3 is 0 Å². The minimum atomic E-state index is 0.518. The second-order valence-corrected chi connectivity index (χ2v) is 4.17. The Kier molecular flexibility index (Phi) is 1.99. The molecule has 78 valence electrons. The van der Waals surface area contributed by atoms with Crippen LogP contribution in [0.3, 0.4) is 0 Å². The highest BCUT2D eigenvalue weighted by atomic mass is 15.0. The second kappa shape index (κ2) is 3.35. The quantitative estimate of drug-likeness (QED) is 0.765. The third kappa shape index (κ3) is 1.35. The maximum absolute atomic E-state index is 4.36.